The van der Waals surface area contributed by atoms with Gasteiger partial charge in [-0.05, 0) is 38.1 Å². The predicted molar refractivity (Wildman–Crippen MR) is 66.3 cm³/mol. The molecule has 1 saturated carbocycles. The molecule has 1 saturated heterocycles. The van der Waals surface area contributed by atoms with Gasteiger partial charge in [0.05, 0.1) is 0 Å². The first kappa shape index (κ1) is 12.4. The molecule has 14 heavy (non-hydrogen) atoms. The van der Waals surface area contributed by atoms with Crippen molar-refractivity contribution in [3.8, 4) is 0 Å². The van der Waals surface area contributed by atoms with Gasteiger partial charge < -0.3 is 5.32 Å². The quantitative estimate of drug-likeness (QED) is 0.675. The lowest BCUT2D eigenvalue weighted by atomic mass is 9.79. The third-order valence-corrected chi connectivity index (χ3v) is 3.91. The van der Waals surface area contributed by atoms with Crippen LogP contribution in [0.4, 0.5) is 0 Å². The minimum Gasteiger partial charge on any atom is -0.317 e. The van der Waals surface area contributed by atoms with E-state index in [1.165, 1.54) is 32.4 Å². The normalized spacial score (nSPS) is 37.3. The summed E-state index contributed by atoms with van der Waals surface area (Å²) in [4.78, 5) is 0. The third kappa shape index (κ3) is 2.92. The molecule has 3 heteroatoms. The summed E-state index contributed by atoms with van der Waals surface area (Å²) >= 11 is 0. The van der Waals surface area contributed by atoms with E-state index in [-0.39, 0.29) is 0 Å². The van der Waals surface area contributed by atoms with Gasteiger partial charge in [-0.15, -0.1) is 0 Å². The van der Waals surface area contributed by atoms with E-state index < -0.39 is 0 Å². The number of nitrogens with one attached hydrogen (secondary N) is 1. The monoisotopic (exact) mass is 216 g/mol. The van der Waals surface area contributed by atoms with Crippen LogP contribution in [0, 0.1) is 11.8 Å². The lowest BCUT2D eigenvalue weighted by Gasteiger charge is -2.30. The molecule has 2 fully saturated rings. The van der Waals surface area contributed by atoms with Crippen LogP contribution in [0.1, 0.15) is 33.1 Å². The van der Waals surface area contributed by atoms with Gasteiger partial charge in [-0.2, -0.15) is 0 Å². The maximum atomic E-state index is 3.41. The summed E-state index contributed by atoms with van der Waals surface area (Å²) < 4.78 is 2.41. The molecule has 2 aliphatic rings. The van der Waals surface area contributed by atoms with Crippen LogP contribution in [0.2, 0.25) is 0 Å². The second kappa shape index (κ2) is 6.05. The van der Waals surface area contributed by atoms with Crippen LogP contribution in [-0.2, 0) is 0 Å². The van der Waals surface area contributed by atoms with Crippen molar-refractivity contribution in [2.24, 2.45) is 11.8 Å². The summed E-state index contributed by atoms with van der Waals surface area (Å²) in [5, 5.41) is 3.41. The van der Waals surface area contributed by atoms with Crippen molar-refractivity contribution < 1.29 is 0 Å². The van der Waals surface area contributed by atoms with Crippen molar-refractivity contribution in [1.82, 2.24) is 9.99 Å². The fourth-order valence-corrected chi connectivity index (χ4v) is 3.27. The van der Waals surface area contributed by atoms with Gasteiger partial charge in [-0.3, -0.25) is 4.67 Å². The Bertz CT molecular complexity index is 163. The zero-order chi connectivity index (χ0) is 10.6. The molecule has 4 atom stereocenters. The Kier molecular flexibility index (Phi) is 5.36. The molecule has 0 aromatic carbocycles. The van der Waals surface area contributed by atoms with Crippen LogP contribution in [0.25, 0.3) is 0 Å². The number of fused-ring (bicyclic) bond motifs is 1. The van der Waals surface area contributed by atoms with Crippen molar-refractivity contribution in [2.75, 3.05) is 20.1 Å². The molecule has 0 amide bonds. The van der Waals surface area contributed by atoms with E-state index in [9.17, 15) is 0 Å². The number of nitrogens with zero attached hydrogens (tertiary/aromatic N) is 1. The van der Waals surface area contributed by atoms with E-state index in [0.29, 0.717) is 0 Å². The van der Waals surface area contributed by atoms with Gasteiger partial charge in [-0.1, -0.05) is 23.2 Å². The maximum Gasteiger partial charge on any atom is 0.00674 e. The summed E-state index contributed by atoms with van der Waals surface area (Å²) in [5.41, 5.74) is 0. The number of hydrogen-bond acceptors (Lipinski definition) is 2. The predicted octanol–water partition coefficient (Wildman–Crippen LogP) is 2.12. The number of hydrogen-bond donors (Lipinski definition) is 1. The molecular formula is C11H25N2P. The molecule has 1 N–H and O–H groups in total. The van der Waals surface area contributed by atoms with E-state index >= 15 is 0 Å². The highest BCUT2D eigenvalue weighted by Crippen LogP contribution is 2.37. The lowest BCUT2D eigenvalue weighted by molar-refractivity contribution is 0.250. The van der Waals surface area contributed by atoms with Gasteiger partial charge in [0.2, 0.25) is 0 Å². The largest absolute Gasteiger partial charge is 0.317 e. The van der Waals surface area contributed by atoms with Gasteiger partial charge in [0.25, 0.3) is 0 Å². The van der Waals surface area contributed by atoms with Crippen molar-refractivity contribution in [1.29, 1.82) is 0 Å². The van der Waals surface area contributed by atoms with Gasteiger partial charge >= 0.3 is 0 Å². The van der Waals surface area contributed by atoms with E-state index in [1.807, 2.05) is 13.8 Å². The van der Waals surface area contributed by atoms with Crippen LogP contribution >= 0.6 is 9.39 Å². The van der Waals surface area contributed by atoms with Gasteiger partial charge in [0, 0.05) is 19.1 Å². The third-order valence-electron chi connectivity index (χ3n) is 3.49. The zero-order valence-electron chi connectivity index (χ0n) is 9.79. The molecule has 4 unspecified atom stereocenters. The summed E-state index contributed by atoms with van der Waals surface area (Å²) in [6.07, 6.45) is 4.21. The lowest BCUT2D eigenvalue weighted by Crippen LogP contribution is -2.35. The topological polar surface area (TPSA) is 15.3 Å². The molecule has 0 aromatic rings. The van der Waals surface area contributed by atoms with Crippen LogP contribution in [0.15, 0.2) is 0 Å². The highest BCUT2D eigenvalue weighted by Gasteiger charge is 2.35. The number of rotatable bonds is 1. The smallest absolute Gasteiger partial charge is 0.00674 e. The first-order valence-electron chi connectivity index (χ1n) is 5.96. The van der Waals surface area contributed by atoms with Gasteiger partial charge in [0.15, 0.2) is 0 Å². The van der Waals surface area contributed by atoms with E-state index in [2.05, 4.69) is 26.4 Å². The van der Waals surface area contributed by atoms with Crippen LogP contribution < -0.4 is 5.32 Å². The minimum atomic E-state index is 0.794. The second-order valence-corrected chi connectivity index (χ2v) is 5.00. The molecule has 84 valence electrons. The van der Waals surface area contributed by atoms with Gasteiger partial charge in [-0.25, -0.2) is 0 Å². The molecule has 2 rings (SSSR count). The molecule has 1 aliphatic carbocycles. The average Bonchev–Trinajstić information content (AvgIpc) is 2.59. The van der Waals surface area contributed by atoms with Crippen LogP contribution in [-0.4, -0.2) is 30.8 Å². The molecule has 0 spiro atoms. The van der Waals surface area contributed by atoms with Crippen LogP contribution in [0.3, 0.4) is 0 Å². The Morgan fingerprint density at radius 3 is 2.43 bits per heavy atom. The molecule has 2 nitrogen and oxygen atoms in total. The maximum absolute atomic E-state index is 3.41. The molecule has 0 bridgehead atoms. The summed E-state index contributed by atoms with van der Waals surface area (Å²) in [7, 11) is 4.94. The minimum absolute atomic E-state index is 0.794. The summed E-state index contributed by atoms with van der Waals surface area (Å²) in [5.74, 6) is 1.96. The Morgan fingerprint density at radius 1 is 1.14 bits per heavy atom. The standard InChI is InChI=1S/C9H19N2P.C2H6/c1-10-9-3-2-7-5-11(12)6-8(7)4-9;1-2/h7-10H,2-6,12H2,1H3;1-2H3. The summed E-state index contributed by atoms with van der Waals surface area (Å²) in [6, 6.07) is 0.794. The highest BCUT2D eigenvalue weighted by molar-refractivity contribution is 7.13. The average molecular weight is 216 g/mol. The zero-order valence-corrected chi connectivity index (χ0v) is 10.9. The second-order valence-electron chi connectivity index (χ2n) is 4.27. The Balaban J connectivity index is 0.000000461. The van der Waals surface area contributed by atoms with Crippen molar-refractivity contribution in [3.05, 3.63) is 0 Å². The SMILES string of the molecule is CC.CNC1CCC2CN(P)CC2C1. The highest BCUT2D eigenvalue weighted by atomic mass is 31.0. The Morgan fingerprint density at radius 2 is 1.79 bits per heavy atom. The first-order valence-corrected chi connectivity index (χ1v) is 6.48. The fourth-order valence-electron chi connectivity index (χ4n) is 2.73. The first-order chi connectivity index (χ1) is 6.79. The Labute approximate surface area is 91.1 Å². The van der Waals surface area contributed by atoms with E-state index in [0.717, 1.165) is 17.9 Å². The summed E-state index contributed by atoms with van der Waals surface area (Å²) in [6.45, 7) is 6.61. The molecular weight excluding hydrogens is 191 g/mol. The Hall–Kier alpha value is 0.350. The molecule has 0 radical (unpaired) electrons. The molecule has 1 aliphatic heterocycles. The van der Waals surface area contributed by atoms with Crippen molar-refractivity contribution >= 4 is 9.39 Å². The fraction of sp³-hybridized carbons (Fsp3) is 1.00. The van der Waals surface area contributed by atoms with E-state index in [4.69, 9.17) is 0 Å². The molecule has 1 heterocycles. The van der Waals surface area contributed by atoms with Gasteiger partial charge in [0.1, 0.15) is 0 Å². The molecule has 0 aromatic heterocycles. The van der Waals surface area contributed by atoms with Crippen molar-refractivity contribution in [3.63, 3.8) is 0 Å². The van der Waals surface area contributed by atoms with E-state index in [1.54, 1.807) is 0 Å². The van der Waals surface area contributed by atoms with Crippen LogP contribution in [0.5, 0.6) is 0 Å². The van der Waals surface area contributed by atoms with Crippen molar-refractivity contribution in [2.45, 2.75) is 39.2 Å².